The fourth-order valence-electron chi connectivity index (χ4n) is 2.53. The Labute approximate surface area is 118 Å². The molecule has 1 heterocycles. The van der Waals surface area contributed by atoms with Gasteiger partial charge in [-0.15, -0.1) is 0 Å². The summed E-state index contributed by atoms with van der Waals surface area (Å²) in [6, 6.07) is 17.3. The maximum Gasteiger partial charge on any atom is 0.419 e. The van der Waals surface area contributed by atoms with Crippen LogP contribution < -0.4 is 9.64 Å². The maximum atomic E-state index is 12.4. The van der Waals surface area contributed by atoms with Gasteiger partial charge >= 0.3 is 6.09 Å². The van der Waals surface area contributed by atoms with Crippen LogP contribution in [0.15, 0.2) is 54.6 Å². The third kappa shape index (κ3) is 2.67. The van der Waals surface area contributed by atoms with E-state index in [1.54, 1.807) is 17.0 Å². The molecule has 0 spiro atoms. The average molecular weight is 267 g/mol. The van der Waals surface area contributed by atoms with Crippen LogP contribution in [0.1, 0.15) is 18.4 Å². The van der Waals surface area contributed by atoms with Gasteiger partial charge < -0.3 is 4.74 Å². The Kier molecular flexibility index (Phi) is 3.68. The normalized spacial score (nSPS) is 14.3. The number of benzene rings is 2. The van der Waals surface area contributed by atoms with Gasteiger partial charge in [-0.05, 0) is 43.0 Å². The third-order valence-corrected chi connectivity index (χ3v) is 3.53. The van der Waals surface area contributed by atoms with E-state index in [-0.39, 0.29) is 6.09 Å². The zero-order valence-corrected chi connectivity index (χ0v) is 11.3. The summed E-state index contributed by atoms with van der Waals surface area (Å²) < 4.78 is 5.45. The van der Waals surface area contributed by atoms with Crippen molar-refractivity contribution in [1.82, 2.24) is 0 Å². The Balaban J connectivity index is 1.84. The lowest BCUT2D eigenvalue weighted by Gasteiger charge is -2.22. The first kappa shape index (κ1) is 12.7. The monoisotopic (exact) mass is 267 g/mol. The van der Waals surface area contributed by atoms with Gasteiger partial charge in [-0.25, -0.2) is 4.79 Å². The molecular weight excluding hydrogens is 250 g/mol. The van der Waals surface area contributed by atoms with Gasteiger partial charge in [-0.2, -0.15) is 0 Å². The Morgan fingerprint density at radius 2 is 1.70 bits per heavy atom. The van der Waals surface area contributed by atoms with E-state index in [1.165, 1.54) is 5.56 Å². The van der Waals surface area contributed by atoms with Gasteiger partial charge in [0.2, 0.25) is 0 Å². The van der Waals surface area contributed by atoms with Crippen molar-refractivity contribution in [3.63, 3.8) is 0 Å². The van der Waals surface area contributed by atoms with Crippen molar-refractivity contribution in [2.75, 3.05) is 11.4 Å². The van der Waals surface area contributed by atoms with Crippen LogP contribution in [0, 0.1) is 0 Å². The standard InChI is InChI=1S/C17H17NO2/c19-17(20-15-10-2-1-3-11-15)18-13-7-6-9-14-8-4-5-12-16(14)18/h1-5,8,10-12H,6-7,9,13H2. The number of fused-ring (bicyclic) bond motifs is 1. The molecule has 3 nitrogen and oxygen atoms in total. The molecule has 0 atom stereocenters. The molecule has 0 aliphatic carbocycles. The Morgan fingerprint density at radius 3 is 2.55 bits per heavy atom. The van der Waals surface area contributed by atoms with Crippen molar-refractivity contribution in [2.24, 2.45) is 0 Å². The molecule has 0 saturated carbocycles. The number of carbonyl (C=O) groups excluding carboxylic acids is 1. The number of rotatable bonds is 1. The van der Waals surface area contributed by atoms with E-state index >= 15 is 0 Å². The predicted molar refractivity (Wildman–Crippen MR) is 79.2 cm³/mol. The molecule has 1 aliphatic rings. The van der Waals surface area contributed by atoms with E-state index in [9.17, 15) is 4.79 Å². The maximum absolute atomic E-state index is 12.4. The molecule has 102 valence electrons. The van der Waals surface area contributed by atoms with Gasteiger partial charge in [0.05, 0.1) is 5.69 Å². The largest absolute Gasteiger partial charge is 0.419 e. The number of hydrogen-bond donors (Lipinski definition) is 0. The minimum Gasteiger partial charge on any atom is -0.410 e. The molecule has 2 aromatic rings. The number of aryl methyl sites for hydroxylation is 1. The molecule has 2 aromatic carbocycles. The molecule has 0 bridgehead atoms. The molecule has 0 aromatic heterocycles. The highest BCUT2D eigenvalue weighted by molar-refractivity contribution is 5.90. The lowest BCUT2D eigenvalue weighted by atomic mass is 10.1. The summed E-state index contributed by atoms with van der Waals surface area (Å²) in [5.74, 6) is 0.583. The van der Waals surface area contributed by atoms with Crippen LogP contribution in [0.3, 0.4) is 0 Å². The smallest absolute Gasteiger partial charge is 0.410 e. The lowest BCUT2D eigenvalue weighted by molar-refractivity contribution is 0.207. The molecule has 0 unspecified atom stereocenters. The first-order chi connectivity index (χ1) is 9.84. The zero-order valence-electron chi connectivity index (χ0n) is 11.3. The summed E-state index contributed by atoms with van der Waals surface area (Å²) in [5.41, 5.74) is 2.20. The Morgan fingerprint density at radius 1 is 0.950 bits per heavy atom. The van der Waals surface area contributed by atoms with Gasteiger partial charge in [0.25, 0.3) is 0 Å². The fourth-order valence-corrected chi connectivity index (χ4v) is 2.53. The van der Waals surface area contributed by atoms with Crippen LogP contribution in [0.2, 0.25) is 0 Å². The van der Waals surface area contributed by atoms with Crippen LogP contribution >= 0.6 is 0 Å². The number of anilines is 1. The van der Waals surface area contributed by atoms with E-state index in [0.29, 0.717) is 12.3 Å². The molecule has 0 saturated heterocycles. The molecule has 1 amide bonds. The molecule has 3 heteroatoms. The van der Waals surface area contributed by atoms with Crippen LogP contribution in [-0.4, -0.2) is 12.6 Å². The molecule has 0 radical (unpaired) electrons. The minimum absolute atomic E-state index is 0.300. The first-order valence-electron chi connectivity index (χ1n) is 6.97. The third-order valence-electron chi connectivity index (χ3n) is 3.53. The van der Waals surface area contributed by atoms with E-state index in [1.807, 2.05) is 36.4 Å². The first-order valence-corrected chi connectivity index (χ1v) is 6.97. The van der Waals surface area contributed by atoms with Crippen LogP contribution in [0.25, 0.3) is 0 Å². The number of para-hydroxylation sites is 2. The van der Waals surface area contributed by atoms with E-state index < -0.39 is 0 Å². The van der Waals surface area contributed by atoms with Gasteiger partial charge in [-0.3, -0.25) is 4.90 Å². The van der Waals surface area contributed by atoms with Crippen LogP contribution in [-0.2, 0) is 6.42 Å². The summed E-state index contributed by atoms with van der Waals surface area (Å²) in [6.45, 7) is 0.711. The highest BCUT2D eigenvalue weighted by atomic mass is 16.6. The number of ether oxygens (including phenoxy) is 1. The van der Waals surface area contributed by atoms with Crippen molar-refractivity contribution < 1.29 is 9.53 Å². The fraction of sp³-hybridized carbons (Fsp3) is 0.235. The molecular formula is C17H17NO2. The lowest BCUT2D eigenvalue weighted by Crippen LogP contribution is -2.34. The zero-order chi connectivity index (χ0) is 13.8. The van der Waals surface area contributed by atoms with Crippen molar-refractivity contribution >= 4 is 11.8 Å². The predicted octanol–water partition coefficient (Wildman–Crippen LogP) is 4.03. The second kappa shape index (κ2) is 5.78. The molecule has 0 fully saturated rings. The van der Waals surface area contributed by atoms with E-state index in [0.717, 1.165) is 24.9 Å². The average Bonchev–Trinajstić information content (AvgIpc) is 2.70. The summed E-state index contributed by atoms with van der Waals surface area (Å²) in [7, 11) is 0. The van der Waals surface area contributed by atoms with Crippen molar-refractivity contribution in [3.8, 4) is 5.75 Å². The molecule has 1 aliphatic heterocycles. The molecule has 3 rings (SSSR count). The summed E-state index contributed by atoms with van der Waals surface area (Å²) in [6.07, 6.45) is 2.82. The summed E-state index contributed by atoms with van der Waals surface area (Å²) in [5, 5.41) is 0. The SMILES string of the molecule is O=C(Oc1ccccc1)N1CCCCc2ccccc21. The summed E-state index contributed by atoms with van der Waals surface area (Å²) in [4.78, 5) is 14.1. The summed E-state index contributed by atoms with van der Waals surface area (Å²) >= 11 is 0. The highest BCUT2D eigenvalue weighted by Crippen LogP contribution is 2.27. The van der Waals surface area contributed by atoms with Crippen LogP contribution in [0.4, 0.5) is 10.5 Å². The molecule has 20 heavy (non-hydrogen) atoms. The highest BCUT2D eigenvalue weighted by Gasteiger charge is 2.22. The van der Waals surface area contributed by atoms with Gasteiger partial charge in [0, 0.05) is 6.54 Å². The second-order valence-corrected chi connectivity index (χ2v) is 4.92. The minimum atomic E-state index is -0.300. The number of hydrogen-bond acceptors (Lipinski definition) is 2. The quantitative estimate of drug-likeness (QED) is 0.780. The molecule has 0 N–H and O–H groups in total. The van der Waals surface area contributed by atoms with Crippen molar-refractivity contribution in [1.29, 1.82) is 0 Å². The van der Waals surface area contributed by atoms with Gasteiger partial charge in [0.15, 0.2) is 0 Å². The van der Waals surface area contributed by atoms with Crippen LogP contribution in [0.5, 0.6) is 5.75 Å². The van der Waals surface area contributed by atoms with Gasteiger partial charge in [-0.1, -0.05) is 36.4 Å². The topological polar surface area (TPSA) is 29.5 Å². The van der Waals surface area contributed by atoms with E-state index in [2.05, 4.69) is 6.07 Å². The number of nitrogens with zero attached hydrogens (tertiary/aromatic N) is 1. The number of amides is 1. The Hall–Kier alpha value is -2.29. The van der Waals surface area contributed by atoms with E-state index in [4.69, 9.17) is 4.74 Å². The van der Waals surface area contributed by atoms with Gasteiger partial charge in [0.1, 0.15) is 5.75 Å². The second-order valence-electron chi connectivity index (χ2n) is 4.92. The van der Waals surface area contributed by atoms with Crippen molar-refractivity contribution in [2.45, 2.75) is 19.3 Å². The van der Waals surface area contributed by atoms with Crippen molar-refractivity contribution in [3.05, 3.63) is 60.2 Å². The number of carbonyl (C=O) groups is 1. The Bertz CT molecular complexity index is 595.